The van der Waals surface area contributed by atoms with Gasteiger partial charge in [0.1, 0.15) is 0 Å². The second kappa shape index (κ2) is 11.8. The van der Waals surface area contributed by atoms with Gasteiger partial charge in [0.2, 0.25) is 5.91 Å². The zero-order valence-corrected chi connectivity index (χ0v) is 17.1. The van der Waals surface area contributed by atoms with Crippen LogP contribution in [0.25, 0.3) is 0 Å². The summed E-state index contributed by atoms with van der Waals surface area (Å²) in [6.45, 7) is 3.51. The van der Waals surface area contributed by atoms with Gasteiger partial charge in [0.15, 0.2) is 0 Å². The van der Waals surface area contributed by atoms with Gasteiger partial charge in [-0.1, -0.05) is 30.3 Å². The summed E-state index contributed by atoms with van der Waals surface area (Å²) >= 11 is 0. The van der Waals surface area contributed by atoms with Crippen LogP contribution < -0.4 is 15.5 Å². The number of amides is 1. The molecule has 1 amide bonds. The first-order valence-corrected chi connectivity index (χ1v) is 8.67. The van der Waals surface area contributed by atoms with Crippen LogP contribution >= 0.6 is 24.8 Å². The third-order valence-corrected chi connectivity index (χ3v) is 4.36. The van der Waals surface area contributed by atoms with Gasteiger partial charge in [-0.3, -0.25) is 4.79 Å². The number of hydrogen-bond donors (Lipinski definition) is 2. The van der Waals surface area contributed by atoms with Crippen LogP contribution in [0.4, 0.5) is 11.4 Å². The predicted octanol–water partition coefficient (Wildman–Crippen LogP) is 3.27. The van der Waals surface area contributed by atoms with Gasteiger partial charge in [-0.25, -0.2) is 0 Å². The molecule has 0 aromatic heterocycles. The van der Waals surface area contributed by atoms with E-state index in [1.807, 2.05) is 12.1 Å². The molecule has 2 aromatic rings. The summed E-state index contributed by atoms with van der Waals surface area (Å²) in [6, 6.07) is 16.7. The fraction of sp³-hybridized carbons (Fsp3) is 0.350. The van der Waals surface area contributed by atoms with E-state index in [1.54, 1.807) is 7.11 Å². The van der Waals surface area contributed by atoms with Crippen molar-refractivity contribution in [2.45, 2.75) is 13.0 Å². The average Bonchev–Trinajstić information content (AvgIpc) is 3.04. The van der Waals surface area contributed by atoms with Crippen molar-refractivity contribution in [2.24, 2.45) is 0 Å². The van der Waals surface area contributed by atoms with Gasteiger partial charge in [0.05, 0.1) is 13.2 Å². The fourth-order valence-electron chi connectivity index (χ4n) is 3.07. The van der Waals surface area contributed by atoms with E-state index < -0.39 is 0 Å². The molecule has 27 heavy (non-hydrogen) atoms. The molecule has 1 heterocycles. The number of fused-ring (bicyclic) bond motifs is 1. The number of benzene rings is 2. The van der Waals surface area contributed by atoms with Gasteiger partial charge >= 0.3 is 0 Å². The van der Waals surface area contributed by atoms with Crippen LogP contribution in [-0.2, 0) is 22.5 Å². The van der Waals surface area contributed by atoms with Crippen LogP contribution in [0, 0.1) is 0 Å². The van der Waals surface area contributed by atoms with Crippen LogP contribution in [0.15, 0.2) is 48.5 Å². The van der Waals surface area contributed by atoms with E-state index in [9.17, 15) is 4.79 Å². The minimum atomic E-state index is -0.0441. The molecule has 3 rings (SSSR count). The Morgan fingerprint density at radius 2 is 1.85 bits per heavy atom. The molecule has 0 saturated carbocycles. The summed E-state index contributed by atoms with van der Waals surface area (Å²) in [5.41, 5.74) is 4.83. The number of hydrogen-bond acceptors (Lipinski definition) is 4. The van der Waals surface area contributed by atoms with E-state index in [0.717, 1.165) is 25.2 Å². The first-order chi connectivity index (χ1) is 12.3. The van der Waals surface area contributed by atoms with Gasteiger partial charge in [-0.15, -0.1) is 24.8 Å². The molecule has 0 atom stereocenters. The highest BCUT2D eigenvalue weighted by molar-refractivity contribution is 5.92. The molecule has 1 aliphatic rings. The van der Waals surface area contributed by atoms with Crippen molar-refractivity contribution >= 4 is 42.1 Å². The van der Waals surface area contributed by atoms with E-state index in [-0.39, 0.29) is 37.3 Å². The second-order valence-corrected chi connectivity index (χ2v) is 6.21. The molecule has 0 fully saturated rings. The number of halogens is 2. The lowest BCUT2D eigenvalue weighted by Crippen LogP contribution is -2.30. The number of methoxy groups -OCH3 is 1. The molecule has 0 radical (unpaired) electrons. The lowest BCUT2D eigenvalue weighted by Gasteiger charge is -2.19. The molecule has 5 nitrogen and oxygen atoms in total. The molecule has 148 valence electrons. The molecule has 7 heteroatoms. The topological polar surface area (TPSA) is 53.6 Å². The van der Waals surface area contributed by atoms with Crippen LogP contribution in [0.2, 0.25) is 0 Å². The van der Waals surface area contributed by atoms with Crippen LogP contribution in [0.1, 0.15) is 11.1 Å². The number of nitrogens with zero attached hydrogens (tertiary/aromatic N) is 1. The average molecular weight is 412 g/mol. The highest BCUT2D eigenvalue weighted by atomic mass is 35.5. The Hall–Kier alpha value is -1.79. The predicted molar refractivity (Wildman–Crippen MR) is 116 cm³/mol. The Bertz CT molecular complexity index is 711. The van der Waals surface area contributed by atoms with Gasteiger partial charge < -0.3 is 20.3 Å². The molecule has 0 unspecified atom stereocenters. The highest BCUT2D eigenvalue weighted by Crippen LogP contribution is 2.28. The molecule has 0 aliphatic carbocycles. The van der Waals surface area contributed by atoms with Crippen molar-refractivity contribution in [1.29, 1.82) is 0 Å². The van der Waals surface area contributed by atoms with E-state index in [2.05, 4.69) is 51.9 Å². The lowest BCUT2D eigenvalue weighted by atomic mass is 10.1. The molecular weight excluding hydrogens is 385 g/mol. The third-order valence-electron chi connectivity index (χ3n) is 4.36. The summed E-state index contributed by atoms with van der Waals surface area (Å²) in [5, 5.41) is 5.93. The zero-order valence-electron chi connectivity index (χ0n) is 15.4. The number of anilines is 2. The van der Waals surface area contributed by atoms with Crippen molar-refractivity contribution in [3.05, 3.63) is 59.7 Å². The normalized spacial score (nSPS) is 12.0. The van der Waals surface area contributed by atoms with Crippen molar-refractivity contribution < 1.29 is 9.53 Å². The van der Waals surface area contributed by atoms with Gasteiger partial charge in [0.25, 0.3) is 0 Å². The molecular formula is C20H27Cl2N3O2. The highest BCUT2D eigenvalue weighted by Gasteiger charge is 2.18. The molecule has 0 bridgehead atoms. The maximum Gasteiger partial charge on any atom is 0.238 e. The largest absolute Gasteiger partial charge is 0.383 e. The number of ether oxygens (including phenoxy) is 1. The number of carbonyl (C=O) groups excluding carboxylic acids is 1. The summed E-state index contributed by atoms with van der Waals surface area (Å²) in [5.74, 6) is -0.0441. The summed E-state index contributed by atoms with van der Waals surface area (Å²) < 4.78 is 4.93. The van der Waals surface area contributed by atoms with E-state index in [1.165, 1.54) is 16.8 Å². The minimum Gasteiger partial charge on any atom is -0.383 e. The number of carbonyl (C=O) groups is 1. The summed E-state index contributed by atoms with van der Waals surface area (Å²) in [7, 11) is 1.64. The number of rotatable bonds is 8. The zero-order chi connectivity index (χ0) is 17.5. The van der Waals surface area contributed by atoms with E-state index in [0.29, 0.717) is 13.2 Å². The fourth-order valence-corrected chi connectivity index (χ4v) is 3.07. The standard InChI is InChI=1S/C20H25N3O2.2ClH/c1-25-13-11-21-14-20(24)22-18-8-6-16(7-9-18)15-23-12-10-17-4-2-3-5-19(17)23;;/h2-9,21H,10-15H2,1H3,(H,22,24);2*1H. The van der Waals surface area contributed by atoms with Crippen molar-refractivity contribution in [3.8, 4) is 0 Å². The number of para-hydroxylation sites is 1. The second-order valence-electron chi connectivity index (χ2n) is 6.21. The molecule has 0 saturated heterocycles. The van der Waals surface area contributed by atoms with E-state index >= 15 is 0 Å². The molecule has 2 N–H and O–H groups in total. The van der Waals surface area contributed by atoms with Gasteiger partial charge in [-0.05, 0) is 35.7 Å². The lowest BCUT2D eigenvalue weighted by molar-refractivity contribution is -0.115. The van der Waals surface area contributed by atoms with Gasteiger partial charge in [0, 0.05) is 38.1 Å². The van der Waals surface area contributed by atoms with E-state index in [4.69, 9.17) is 4.74 Å². The van der Waals surface area contributed by atoms with Crippen molar-refractivity contribution in [1.82, 2.24) is 5.32 Å². The Labute approximate surface area is 173 Å². The maximum atomic E-state index is 11.9. The van der Waals surface area contributed by atoms with Gasteiger partial charge in [-0.2, -0.15) is 0 Å². The van der Waals surface area contributed by atoms with Crippen molar-refractivity contribution in [2.75, 3.05) is 43.6 Å². The molecule has 1 aliphatic heterocycles. The maximum absolute atomic E-state index is 11.9. The molecule has 0 spiro atoms. The SMILES string of the molecule is COCCNCC(=O)Nc1ccc(CN2CCc3ccccc32)cc1.Cl.Cl. The Morgan fingerprint density at radius 3 is 2.59 bits per heavy atom. The van der Waals surface area contributed by atoms with Crippen LogP contribution in [0.3, 0.4) is 0 Å². The first kappa shape index (κ1) is 23.2. The summed E-state index contributed by atoms with van der Waals surface area (Å²) in [6.07, 6.45) is 1.11. The van der Waals surface area contributed by atoms with Crippen LogP contribution in [0.5, 0.6) is 0 Å². The van der Waals surface area contributed by atoms with Crippen LogP contribution in [-0.4, -0.2) is 39.3 Å². The molecule has 2 aromatic carbocycles. The summed E-state index contributed by atoms with van der Waals surface area (Å²) in [4.78, 5) is 14.3. The smallest absolute Gasteiger partial charge is 0.238 e. The van der Waals surface area contributed by atoms with Crippen molar-refractivity contribution in [3.63, 3.8) is 0 Å². The first-order valence-electron chi connectivity index (χ1n) is 8.67. The Kier molecular flexibility index (Phi) is 10.2. The monoisotopic (exact) mass is 411 g/mol. The quantitative estimate of drug-likeness (QED) is 0.654. The third kappa shape index (κ3) is 6.70. The Balaban J connectivity index is 0.00000182. The number of nitrogens with one attached hydrogen (secondary N) is 2. The minimum absolute atomic E-state index is 0. The Morgan fingerprint density at radius 1 is 1.11 bits per heavy atom.